The molecule has 1 aromatic heterocycles. The number of aromatic nitrogens is 2. The molecule has 1 heterocycles. The Morgan fingerprint density at radius 3 is 2.89 bits per heavy atom. The van der Waals surface area contributed by atoms with Crippen molar-refractivity contribution < 1.29 is 4.74 Å². The molecule has 0 aliphatic heterocycles. The number of ether oxygens (including phenoxy) is 1. The predicted octanol–water partition coefficient (Wildman–Crippen LogP) is 4.43. The van der Waals surface area contributed by atoms with Crippen LogP contribution >= 0.6 is 27.5 Å². The zero-order valence-electron chi connectivity index (χ0n) is 10.6. The van der Waals surface area contributed by atoms with Crippen molar-refractivity contribution in [3.63, 3.8) is 0 Å². The van der Waals surface area contributed by atoms with E-state index >= 15 is 0 Å². The van der Waals surface area contributed by atoms with E-state index in [2.05, 4.69) is 31.2 Å². The van der Waals surface area contributed by atoms with Crippen LogP contribution in [0.3, 0.4) is 0 Å². The van der Waals surface area contributed by atoms with Gasteiger partial charge in [0.05, 0.1) is 6.20 Å². The van der Waals surface area contributed by atoms with Crippen LogP contribution in [0.15, 0.2) is 28.9 Å². The van der Waals surface area contributed by atoms with Crippen LogP contribution in [-0.4, -0.2) is 16.5 Å². The molecule has 0 saturated heterocycles. The first-order valence-corrected chi connectivity index (χ1v) is 6.97. The molecule has 0 radical (unpaired) electrons. The number of hydrogen-bond donors (Lipinski definition) is 1. The molecule has 0 saturated carbocycles. The number of aryl methyl sites for hydroxylation is 1. The minimum atomic E-state index is 0.345. The van der Waals surface area contributed by atoms with E-state index in [0.29, 0.717) is 22.6 Å². The number of nitrogens with one attached hydrogen (secondary N) is 1. The smallest absolute Gasteiger partial charge is 0.243 e. The normalized spacial score (nSPS) is 10.3. The SMILES string of the molecule is CCNc1ncc(Cl)c(Oc2ccc(Br)cc2C)n1. The van der Waals surface area contributed by atoms with Gasteiger partial charge < -0.3 is 10.1 Å². The van der Waals surface area contributed by atoms with Gasteiger partial charge in [0.25, 0.3) is 0 Å². The van der Waals surface area contributed by atoms with Crippen molar-refractivity contribution in [1.29, 1.82) is 0 Å². The second-order valence-corrected chi connectivity index (χ2v) is 5.21. The fourth-order valence-corrected chi connectivity index (χ4v) is 2.10. The maximum Gasteiger partial charge on any atom is 0.243 e. The molecule has 6 heteroatoms. The topological polar surface area (TPSA) is 47.0 Å². The maximum atomic E-state index is 6.04. The molecular formula is C13H13BrClN3O. The van der Waals surface area contributed by atoms with E-state index in [4.69, 9.17) is 16.3 Å². The van der Waals surface area contributed by atoms with Crippen LogP contribution in [0.5, 0.6) is 11.6 Å². The highest BCUT2D eigenvalue weighted by Crippen LogP contribution is 2.30. The summed E-state index contributed by atoms with van der Waals surface area (Å²) in [5.41, 5.74) is 0.994. The quantitative estimate of drug-likeness (QED) is 0.893. The summed E-state index contributed by atoms with van der Waals surface area (Å²) in [5.74, 6) is 1.56. The minimum Gasteiger partial charge on any atom is -0.437 e. The Morgan fingerprint density at radius 2 is 2.21 bits per heavy atom. The zero-order chi connectivity index (χ0) is 13.8. The first-order valence-electron chi connectivity index (χ1n) is 5.80. The molecule has 4 nitrogen and oxygen atoms in total. The molecule has 0 atom stereocenters. The number of anilines is 1. The van der Waals surface area contributed by atoms with E-state index in [1.165, 1.54) is 6.20 Å². The van der Waals surface area contributed by atoms with Crippen molar-refractivity contribution in [2.45, 2.75) is 13.8 Å². The average molecular weight is 343 g/mol. The van der Waals surface area contributed by atoms with Gasteiger partial charge in [0.2, 0.25) is 11.8 Å². The average Bonchev–Trinajstić information content (AvgIpc) is 2.37. The molecule has 0 aliphatic rings. The van der Waals surface area contributed by atoms with Crippen LogP contribution < -0.4 is 10.1 Å². The first-order chi connectivity index (χ1) is 9.10. The Bertz CT molecular complexity index is 592. The number of halogens is 2. The van der Waals surface area contributed by atoms with Crippen LogP contribution in [0.2, 0.25) is 5.02 Å². The highest BCUT2D eigenvalue weighted by molar-refractivity contribution is 9.10. The van der Waals surface area contributed by atoms with Gasteiger partial charge in [-0.05, 0) is 37.6 Å². The second-order valence-electron chi connectivity index (χ2n) is 3.89. The number of rotatable bonds is 4. The molecule has 100 valence electrons. The van der Waals surface area contributed by atoms with Gasteiger partial charge in [0.15, 0.2) is 0 Å². The monoisotopic (exact) mass is 341 g/mol. The van der Waals surface area contributed by atoms with Gasteiger partial charge in [-0.15, -0.1) is 0 Å². The van der Waals surface area contributed by atoms with E-state index in [1.807, 2.05) is 32.0 Å². The summed E-state index contributed by atoms with van der Waals surface area (Å²) in [5, 5.41) is 3.39. The van der Waals surface area contributed by atoms with E-state index < -0.39 is 0 Å². The lowest BCUT2D eigenvalue weighted by Gasteiger charge is -2.10. The molecule has 0 spiro atoms. The van der Waals surface area contributed by atoms with E-state index in [-0.39, 0.29) is 0 Å². The molecule has 0 amide bonds. The largest absolute Gasteiger partial charge is 0.437 e. The number of hydrogen-bond acceptors (Lipinski definition) is 4. The molecule has 1 N–H and O–H groups in total. The summed E-state index contributed by atoms with van der Waals surface area (Å²) in [7, 11) is 0. The van der Waals surface area contributed by atoms with Crippen LogP contribution in [0.4, 0.5) is 5.95 Å². The van der Waals surface area contributed by atoms with Crippen LogP contribution in [0.25, 0.3) is 0 Å². The summed E-state index contributed by atoms with van der Waals surface area (Å²) in [4.78, 5) is 8.30. The van der Waals surface area contributed by atoms with Gasteiger partial charge in [0.1, 0.15) is 10.8 Å². The van der Waals surface area contributed by atoms with E-state index in [1.54, 1.807) is 0 Å². The van der Waals surface area contributed by atoms with E-state index in [0.717, 1.165) is 16.6 Å². The van der Waals surface area contributed by atoms with Crippen molar-refractivity contribution in [3.05, 3.63) is 39.5 Å². The Balaban J connectivity index is 2.29. The van der Waals surface area contributed by atoms with Crippen LogP contribution in [0, 0.1) is 6.92 Å². The molecule has 1 aromatic carbocycles. The third-order valence-corrected chi connectivity index (χ3v) is 3.14. The summed E-state index contributed by atoms with van der Waals surface area (Å²) in [6.07, 6.45) is 1.52. The van der Waals surface area contributed by atoms with Gasteiger partial charge in [-0.2, -0.15) is 4.98 Å². The Kier molecular flexibility index (Phi) is 4.61. The van der Waals surface area contributed by atoms with Crippen LogP contribution in [-0.2, 0) is 0 Å². The predicted molar refractivity (Wildman–Crippen MR) is 80.2 cm³/mol. The fourth-order valence-electron chi connectivity index (χ4n) is 1.50. The highest BCUT2D eigenvalue weighted by Gasteiger charge is 2.09. The number of benzene rings is 1. The van der Waals surface area contributed by atoms with Gasteiger partial charge >= 0.3 is 0 Å². The maximum absolute atomic E-state index is 6.04. The third-order valence-electron chi connectivity index (χ3n) is 2.39. The van der Waals surface area contributed by atoms with Crippen molar-refractivity contribution in [3.8, 4) is 11.6 Å². The molecule has 19 heavy (non-hydrogen) atoms. The van der Waals surface area contributed by atoms with Crippen molar-refractivity contribution in [2.75, 3.05) is 11.9 Å². The lowest BCUT2D eigenvalue weighted by molar-refractivity contribution is 0.459. The summed E-state index contributed by atoms with van der Waals surface area (Å²) in [6.45, 7) is 4.66. The van der Waals surface area contributed by atoms with Crippen molar-refractivity contribution >= 4 is 33.5 Å². The van der Waals surface area contributed by atoms with Crippen molar-refractivity contribution in [2.24, 2.45) is 0 Å². The van der Waals surface area contributed by atoms with Crippen LogP contribution in [0.1, 0.15) is 12.5 Å². The third kappa shape index (κ3) is 3.58. The minimum absolute atomic E-state index is 0.345. The number of nitrogens with zero attached hydrogens (tertiary/aromatic N) is 2. The summed E-state index contributed by atoms with van der Waals surface area (Å²) < 4.78 is 6.74. The summed E-state index contributed by atoms with van der Waals surface area (Å²) >= 11 is 9.45. The Labute approximate surface area is 125 Å². The van der Waals surface area contributed by atoms with Gasteiger partial charge in [-0.25, -0.2) is 4.98 Å². The fraction of sp³-hybridized carbons (Fsp3) is 0.231. The lowest BCUT2D eigenvalue weighted by Crippen LogP contribution is -2.03. The van der Waals surface area contributed by atoms with E-state index in [9.17, 15) is 0 Å². The van der Waals surface area contributed by atoms with Gasteiger partial charge in [-0.3, -0.25) is 0 Å². The van der Waals surface area contributed by atoms with Gasteiger partial charge in [-0.1, -0.05) is 27.5 Å². The molecule has 0 aliphatic carbocycles. The molecule has 0 unspecified atom stereocenters. The molecule has 2 aromatic rings. The lowest BCUT2D eigenvalue weighted by atomic mass is 10.2. The standard InChI is InChI=1S/C13H13BrClN3O/c1-3-16-13-17-7-10(15)12(18-13)19-11-5-4-9(14)6-8(11)2/h4-7H,3H2,1-2H3,(H,16,17,18). The Hall–Kier alpha value is -1.33. The second kappa shape index (κ2) is 6.21. The zero-order valence-corrected chi connectivity index (χ0v) is 12.9. The molecule has 2 rings (SSSR count). The van der Waals surface area contributed by atoms with Crippen molar-refractivity contribution in [1.82, 2.24) is 9.97 Å². The molecule has 0 fully saturated rings. The Morgan fingerprint density at radius 1 is 1.42 bits per heavy atom. The van der Waals surface area contributed by atoms with Gasteiger partial charge in [0, 0.05) is 11.0 Å². The highest BCUT2D eigenvalue weighted by atomic mass is 79.9. The molecular weight excluding hydrogens is 330 g/mol. The molecule has 0 bridgehead atoms. The summed E-state index contributed by atoms with van der Waals surface area (Å²) in [6, 6.07) is 5.74. The first kappa shape index (κ1) is 14.1.